The van der Waals surface area contributed by atoms with Gasteiger partial charge >= 0.3 is 5.97 Å². The van der Waals surface area contributed by atoms with E-state index in [0.717, 1.165) is 44.9 Å². The van der Waals surface area contributed by atoms with E-state index >= 15 is 0 Å². The average molecular weight is 326 g/mol. The molecule has 1 aliphatic heterocycles. The largest absolute Gasteiger partial charge is 0.469 e. The molecule has 0 bridgehead atoms. The summed E-state index contributed by atoms with van der Waals surface area (Å²) in [5.74, 6) is 0.259. The molecule has 1 saturated heterocycles. The van der Waals surface area contributed by atoms with E-state index in [2.05, 4.69) is 11.7 Å². The van der Waals surface area contributed by atoms with Crippen LogP contribution in [0.4, 0.5) is 0 Å². The van der Waals surface area contributed by atoms with Crippen LogP contribution in [0.2, 0.25) is 0 Å². The highest BCUT2D eigenvalue weighted by atomic mass is 16.6. The SMILES string of the molecule is CCCCCCC(=O)C[C@H]1O[C@H]1CCCCCCCC(=O)OC. The van der Waals surface area contributed by atoms with Crippen LogP contribution in [0.1, 0.15) is 90.4 Å². The molecule has 0 aromatic rings. The van der Waals surface area contributed by atoms with E-state index < -0.39 is 0 Å². The fourth-order valence-corrected chi connectivity index (χ4v) is 2.94. The number of ketones is 1. The molecule has 134 valence electrons. The lowest BCUT2D eigenvalue weighted by Crippen LogP contribution is -2.05. The van der Waals surface area contributed by atoms with Crippen LogP contribution in [-0.2, 0) is 19.1 Å². The summed E-state index contributed by atoms with van der Waals surface area (Å²) in [4.78, 5) is 22.8. The lowest BCUT2D eigenvalue weighted by atomic mass is 10.0. The number of epoxide rings is 1. The molecule has 0 aromatic carbocycles. The van der Waals surface area contributed by atoms with Gasteiger partial charge in [-0.1, -0.05) is 51.9 Å². The Kier molecular flexibility index (Phi) is 11.0. The van der Waals surface area contributed by atoms with Gasteiger partial charge in [-0.25, -0.2) is 0 Å². The van der Waals surface area contributed by atoms with Crippen molar-refractivity contribution >= 4 is 11.8 Å². The smallest absolute Gasteiger partial charge is 0.305 e. The Morgan fingerprint density at radius 1 is 0.870 bits per heavy atom. The maximum atomic E-state index is 11.8. The first-order valence-corrected chi connectivity index (χ1v) is 9.41. The highest BCUT2D eigenvalue weighted by molar-refractivity contribution is 5.79. The quantitative estimate of drug-likeness (QED) is 0.251. The van der Waals surface area contributed by atoms with Crippen molar-refractivity contribution in [2.75, 3.05) is 7.11 Å². The van der Waals surface area contributed by atoms with Crippen molar-refractivity contribution in [2.24, 2.45) is 0 Å². The zero-order valence-electron chi connectivity index (χ0n) is 15.0. The lowest BCUT2D eigenvalue weighted by molar-refractivity contribution is -0.140. The summed E-state index contributed by atoms with van der Waals surface area (Å²) in [6.45, 7) is 2.18. The first-order chi connectivity index (χ1) is 11.2. The van der Waals surface area contributed by atoms with E-state index in [1.165, 1.54) is 32.8 Å². The minimum atomic E-state index is -0.112. The number of methoxy groups -OCH3 is 1. The molecule has 4 heteroatoms. The fourth-order valence-electron chi connectivity index (χ4n) is 2.94. The van der Waals surface area contributed by atoms with Gasteiger partial charge in [0.05, 0.1) is 19.3 Å². The van der Waals surface area contributed by atoms with Gasteiger partial charge in [0, 0.05) is 19.3 Å². The van der Waals surface area contributed by atoms with Crippen LogP contribution in [0, 0.1) is 0 Å². The zero-order valence-corrected chi connectivity index (χ0v) is 15.0. The molecule has 0 aliphatic carbocycles. The van der Waals surface area contributed by atoms with Gasteiger partial charge in [-0.3, -0.25) is 9.59 Å². The summed E-state index contributed by atoms with van der Waals surface area (Å²) in [5, 5.41) is 0. The van der Waals surface area contributed by atoms with Crippen LogP contribution in [0.25, 0.3) is 0 Å². The molecule has 0 spiro atoms. The molecule has 0 aromatic heterocycles. The molecular formula is C19H34O4. The Morgan fingerprint density at radius 2 is 1.52 bits per heavy atom. The van der Waals surface area contributed by atoms with Crippen LogP contribution < -0.4 is 0 Å². The van der Waals surface area contributed by atoms with Gasteiger partial charge in [-0.15, -0.1) is 0 Å². The first kappa shape index (κ1) is 20.1. The van der Waals surface area contributed by atoms with Gasteiger partial charge in [-0.05, 0) is 19.3 Å². The molecule has 1 aliphatic rings. The summed E-state index contributed by atoms with van der Waals surface area (Å²) < 4.78 is 10.2. The summed E-state index contributed by atoms with van der Waals surface area (Å²) in [7, 11) is 1.43. The standard InChI is InChI=1S/C19H34O4/c1-3-4-5-9-12-16(20)15-18-17(23-18)13-10-7-6-8-11-14-19(21)22-2/h17-18H,3-15H2,1-2H3/t17-,18+/m0/s1. The predicted octanol–water partition coefficient (Wildman–Crippen LogP) is 4.59. The van der Waals surface area contributed by atoms with Crippen molar-refractivity contribution < 1.29 is 19.1 Å². The molecule has 2 atom stereocenters. The minimum absolute atomic E-state index is 0.112. The zero-order chi connectivity index (χ0) is 16.9. The number of hydrogen-bond acceptors (Lipinski definition) is 4. The Bertz CT molecular complexity index is 340. The number of unbranched alkanes of at least 4 members (excludes halogenated alkanes) is 7. The average Bonchev–Trinajstić information content (AvgIpc) is 3.28. The van der Waals surface area contributed by atoms with Crippen molar-refractivity contribution in [2.45, 2.75) is 103 Å². The lowest BCUT2D eigenvalue weighted by Gasteiger charge is -2.01. The number of Topliss-reactive ketones (excluding diaryl/α,β-unsaturated/α-hetero) is 1. The molecule has 1 heterocycles. The highest BCUT2D eigenvalue weighted by Crippen LogP contribution is 2.31. The fraction of sp³-hybridized carbons (Fsp3) is 0.895. The van der Waals surface area contributed by atoms with Gasteiger partial charge in [0.15, 0.2) is 0 Å². The molecule has 0 unspecified atom stereocenters. The number of carbonyl (C=O) groups excluding carboxylic acids is 2. The molecule has 0 saturated carbocycles. The second kappa shape index (κ2) is 12.5. The number of rotatable bonds is 15. The molecular weight excluding hydrogens is 292 g/mol. The maximum absolute atomic E-state index is 11.8. The van der Waals surface area contributed by atoms with Crippen LogP contribution in [0.3, 0.4) is 0 Å². The van der Waals surface area contributed by atoms with E-state index in [0.29, 0.717) is 24.7 Å². The summed E-state index contributed by atoms with van der Waals surface area (Å²) in [6, 6.07) is 0. The van der Waals surface area contributed by atoms with Crippen molar-refractivity contribution in [1.29, 1.82) is 0 Å². The Morgan fingerprint density at radius 3 is 2.26 bits per heavy atom. The maximum Gasteiger partial charge on any atom is 0.305 e. The topological polar surface area (TPSA) is 55.9 Å². The highest BCUT2D eigenvalue weighted by Gasteiger charge is 2.38. The predicted molar refractivity (Wildman–Crippen MR) is 91.4 cm³/mol. The van der Waals surface area contributed by atoms with Gasteiger partial charge in [0.1, 0.15) is 5.78 Å². The second-order valence-corrected chi connectivity index (χ2v) is 6.65. The minimum Gasteiger partial charge on any atom is -0.469 e. The monoisotopic (exact) mass is 326 g/mol. The van der Waals surface area contributed by atoms with Gasteiger partial charge in [0.25, 0.3) is 0 Å². The van der Waals surface area contributed by atoms with Crippen molar-refractivity contribution in [3.8, 4) is 0 Å². The summed E-state index contributed by atoms with van der Waals surface area (Å²) in [5.41, 5.74) is 0. The van der Waals surface area contributed by atoms with Crippen molar-refractivity contribution in [3.63, 3.8) is 0 Å². The molecule has 23 heavy (non-hydrogen) atoms. The number of ether oxygens (including phenoxy) is 2. The summed E-state index contributed by atoms with van der Waals surface area (Å²) >= 11 is 0. The summed E-state index contributed by atoms with van der Waals surface area (Å²) in [6.07, 6.45) is 13.6. The van der Waals surface area contributed by atoms with Crippen LogP contribution in [0.15, 0.2) is 0 Å². The van der Waals surface area contributed by atoms with E-state index in [4.69, 9.17) is 4.74 Å². The third kappa shape index (κ3) is 10.5. The molecule has 1 fully saturated rings. The molecule has 0 N–H and O–H groups in total. The first-order valence-electron chi connectivity index (χ1n) is 9.41. The normalized spacial score (nSPS) is 19.6. The van der Waals surface area contributed by atoms with Crippen LogP contribution >= 0.6 is 0 Å². The van der Waals surface area contributed by atoms with E-state index in [-0.39, 0.29) is 12.1 Å². The second-order valence-electron chi connectivity index (χ2n) is 6.65. The number of hydrogen-bond donors (Lipinski definition) is 0. The van der Waals surface area contributed by atoms with Crippen molar-refractivity contribution in [1.82, 2.24) is 0 Å². The molecule has 0 amide bonds. The van der Waals surface area contributed by atoms with E-state index in [1.807, 2.05) is 0 Å². The Balaban J connectivity index is 1.87. The third-order valence-electron chi connectivity index (χ3n) is 4.52. The number of esters is 1. The molecule has 4 nitrogen and oxygen atoms in total. The van der Waals surface area contributed by atoms with Gasteiger partial charge in [0.2, 0.25) is 0 Å². The molecule has 1 rings (SSSR count). The van der Waals surface area contributed by atoms with Crippen molar-refractivity contribution in [3.05, 3.63) is 0 Å². The van der Waals surface area contributed by atoms with Gasteiger partial charge < -0.3 is 9.47 Å². The van der Waals surface area contributed by atoms with Gasteiger partial charge in [-0.2, -0.15) is 0 Å². The molecule has 0 radical (unpaired) electrons. The Labute approximate surface area is 141 Å². The Hall–Kier alpha value is -0.900. The number of carbonyl (C=O) groups is 2. The van der Waals surface area contributed by atoms with Crippen LogP contribution in [-0.4, -0.2) is 31.1 Å². The van der Waals surface area contributed by atoms with E-state index in [9.17, 15) is 9.59 Å². The van der Waals surface area contributed by atoms with Crippen LogP contribution in [0.5, 0.6) is 0 Å². The van der Waals surface area contributed by atoms with E-state index in [1.54, 1.807) is 0 Å². The third-order valence-corrected chi connectivity index (χ3v) is 4.52.